The second-order valence-electron chi connectivity index (χ2n) is 6.54. The van der Waals surface area contributed by atoms with Gasteiger partial charge in [0.25, 0.3) is 0 Å². The third-order valence-corrected chi connectivity index (χ3v) is 4.70. The molecule has 2 aromatic rings. The minimum Gasteiger partial charge on any atom is -0.490 e. The van der Waals surface area contributed by atoms with Crippen LogP contribution >= 0.6 is 0 Å². The van der Waals surface area contributed by atoms with Crippen LogP contribution in [0.3, 0.4) is 0 Å². The van der Waals surface area contributed by atoms with Crippen molar-refractivity contribution < 1.29 is 14.3 Å². The number of amides is 1. The third-order valence-electron chi connectivity index (χ3n) is 4.70. The van der Waals surface area contributed by atoms with Crippen molar-refractivity contribution in [3.8, 4) is 11.5 Å². The summed E-state index contributed by atoms with van der Waals surface area (Å²) in [6, 6.07) is 18.0. The molecule has 0 radical (unpaired) electrons. The number of ether oxygens (including phenoxy) is 2. The van der Waals surface area contributed by atoms with Crippen LogP contribution in [0.4, 0.5) is 5.69 Å². The molecule has 5 heteroatoms. The SMILES string of the molecule is CCOc1ccccc1OCCCC(=O)N1CCN(c2ccccc2)CC1. The smallest absolute Gasteiger partial charge is 0.222 e. The molecule has 0 spiro atoms. The molecule has 3 rings (SSSR count). The molecule has 1 aliphatic heterocycles. The number of hydrogen-bond acceptors (Lipinski definition) is 4. The highest BCUT2D eigenvalue weighted by atomic mass is 16.5. The van der Waals surface area contributed by atoms with Gasteiger partial charge in [-0.05, 0) is 37.6 Å². The Morgan fingerprint density at radius 1 is 0.889 bits per heavy atom. The Morgan fingerprint density at radius 3 is 2.19 bits per heavy atom. The summed E-state index contributed by atoms with van der Waals surface area (Å²) < 4.78 is 11.4. The van der Waals surface area contributed by atoms with Gasteiger partial charge in [-0.15, -0.1) is 0 Å². The number of benzene rings is 2. The fourth-order valence-corrected chi connectivity index (χ4v) is 3.26. The zero-order valence-electron chi connectivity index (χ0n) is 16.0. The Kier molecular flexibility index (Phi) is 6.97. The molecule has 144 valence electrons. The van der Waals surface area contributed by atoms with Crippen LogP contribution in [-0.4, -0.2) is 50.2 Å². The van der Waals surface area contributed by atoms with Gasteiger partial charge in [-0.3, -0.25) is 4.79 Å². The number of carbonyl (C=O) groups excluding carboxylic acids is 1. The lowest BCUT2D eigenvalue weighted by Crippen LogP contribution is -2.48. The van der Waals surface area contributed by atoms with E-state index in [2.05, 4.69) is 29.2 Å². The summed E-state index contributed by atoms with van der Waals surface area (Å²) in [4.78, 5) is 16.7. The standard InChI is InChI=1S/C22H28N2O3/c1-2-26-20-11-6-7-12-21(20)27-18-8-13-22(25)24-16-14-23(15-17-24)19-9-4-3-5-10-19/h3-7,9-12H,2,8,13-18H2,1H3. The van der Waals surface area contributed by atoms with Crippen molar-refractivity contribution in [3.05, 3.63) is 54.6 Å². The lowest BCUT2D eigenvalue weighted by molar-refractivity contribution is -0.131. The lowest BCUT2D eigenvalue weighted by Gasteiger charge is -2.36. The summed E-state index contributed by atoms with van der Waals surface area (Å²) in [5.41, 5.74) is 1.23. The number of rotatable bonds is 8. The normalized spacial score (nSPS) is 14.1. The molecule has 1 amide bonds. The molecular formula is C22H28N2O3. The summed E-state index contributed by atoms with van der Waals surface area (Å²) in [7, 11) is 0. The molecule has 27 heavy (non-hydrogen) atoms. The van der Waals surface area contributed by atoms with Gasteiger partial charge >= 0.3 is 0 Å². The van der Waals surface area contributed by atoms with Crippen LogP contribution in [0, 0.1) is 0 Å². The summed E-state index contributed by atoms with van der Waals surface area (Å²) in [6.07, 6.45) is 1.22. The Morgan fingerprint density at radius 2 is 1.52 bits per heavy atom. The van der Waals surface area contributed by atoms with Crippen LogP contribution in [0.5, 0.6) is 11.5 Å². The van der Waals surface area contributed by atoms with Gasteiger partial charge in [0.05, 0.1) is 13.2 Å². The predicted molar refractivity (Wildman–Crippen MR) is 108 cm³/mol. The fraction of sp³-hybridized carbons (Fsp3) is 0.409. The molecule has 0 aromatic heterocycles. The minimum atomic E-state index is 0.212. The molecule has 1 heterocycles. The van der Waals surface area contributed by atoms with Crippen molar-refractivity contribution in [1.29, 1.82) is 0 Å². The van der Waals surface area contributed by atoms with Crippen LogP contribution in [0.1, 0.15) is 19.8 Å². The quantitative estimate of drug-likeness (QED) is 0.668. The first-order chi connectivity index (χ1) is 13.3. The molecule has 2 aromatic carbocycles. The average molecular weight is 368 g/mol. The Balaban J connectivity index is 1.38. The zero-order chi connectivity index (χ0) is 18.9. The van der Waals surface area contributed by atoms with Gasteiger partial charge in [0, 0.05) is 38.3 Å². The number of para-hydroxylation sites is 3. The average Bonchev–Trinajstić information content (AvgIpc) is 2.73. The molecule has 5 nitrogen and oxygen atoms in total. The number of carbonyl (C=O) groups is 1. The minimum absolute atomic E-state index is 0.212. The van der Waals surface area contributed by atoms with Gasteiger partial charge in [-0.25, -0.2) is 0 Å². The van der Waals surface area contributed by atoms with Crippen molar-refractivity contribution in [3.63, 3.8) is 0 Å². The van der Waals surface area contributed by atoms with Gasteiger partial charge in [0.1, 0.15) is 0 Å². The molecule has 0 saturated carbocycles. The van der Waals surface area contributed by atoms with E-state index in [1.165, 1.54) is 5.69 Å². The fourth-order valence-electron chi connectivity index (χ4n) is 3.26. The van der Waals surface area contributed by atoms with Crippen molar-refractivity contribution in [2.24, 2.45) is 0 Å². The maximum absolute atomic E-state index is 12.4. The monoisotopic (exact) mass is 368 g/mol. The van der Waals surface area contributed by atoms with E-state index >= 15 is 0 Å². The Labute approximate surface area is 161 Å². The number of nitrogens with zero attached hydrogens (tertiary/aromatic N) is 2. The van der Waals surface area contributed by atoms with E-state index in [0.29, 0.717) is 26.1 Å². The number of piperazine rings is 1. The molecule has 1 saturated heterocycles. The highest BCUT2D eigenvalue weighted by Crippen LogP contribution is 2.26. The van der Waals surface area contributed by atoms with Crippen LogP contribution in [0.25, 0.3) is 0 Å². The second kappa shape index (κ2) is 9.86. The molecular weight excluding hydrogens is 340 g/mol. The van der Waals surface area contributed by atoms with E-state index in [4.69, 9.17) is 9.47 Å². The van der Waals surface area contributed by atoms with Crippen molar-refractivity contribution >= 4 is 11.6 Å². The first kappa shape index (κ1) is 19.1. The van der Waals surface area contributed by atoms with Gasteiger partial charge in [0.15, 0.2) is 11.5 Å². The van der Waals surface area contributed by atoms with Gasteiger partial charge in [-0.1, -0.05) is 30.3 Å². The molecule has 0 aliphatic carbocycles. The number of hydrogen-bond donors (Lipinski definition) is 0. The molecule has 0 unspecified atom stereocenters. The third kappa shape index (κ3) is 5.39. The van der Waals surface area contributed by atoms with Crippen molar-refractivity contribution in [2.45, 2.75) is 19.8 Å². The largest absolute Gasteiger partial charge is 0.490 e. The van der Waals surface area contributed by atoms with E-state index in [1.807, 2.05) is 42.2 Å². The highest BCUT2D eigenvalue weighted by Gasteiger charge is 2.20. The van der Waals surface area contributed by atoms with Crippen LogP contribution in [0.2, 0.25) is 0 Å². The van der Waals surface area contributed by atoms with E-state index in [9.17, 15) is 4.79 Å². The Hall–Kier alpha value is -2.69. The van der Waals surface area contributed by atoms with Crippen molar-refractivity contribution in [2.75, 3.05) is 44.3 Å². The summed E-state index contributed by atoms with van der Waals surface area (Å²) in [6.45, 7) is 6.39. The first-order valence-corrected chi connectivity index (χ1v) is 9.70. The van der Waals surface area contributed by atoms with Crippen LogP contribution in [-0.2, 0) is 4.79 Å². The van der Waals surface area contributed by atoms with E-state index in [1.54, 1.807) is 0 Å². The topological polar surface area (TPSA) is 42.0 Å². The predicted octanol–water partition coefficient (Wildman–Crippen LogP) is 3.59. The highest BCUT2D eigenvalue weighted by molar-refractivity contribution is 5.76. The van der Waals surface area contributed by atoms with Gasteiger partial charge in [0.2, 0.25) is 5.91 Å². The Bertz CT molecular complexity index is 713. The lowest BCUT2D eigenvalue weighted by atomic mass is 10.2. The van der Waals surface area contributed by atoms with Crippen LogP contribution < -0.4 is 14.4 Å². The van der Waals surface area contributed by atoms with Crippen LogP contribution in [0.15, 0.2) is 54.6 Å². The van der Waals surface area contributed by atoms with Gasteiger partial charge < -0.3 is 19.3 Å². The zero-order valence-corrected chi connectivity index (χ0v) is 16.0. The maximum atomic E-state index is 12.4. The van der Waals surface area contributed by atoms with E-state index < -0.39 is 0 Å². The molecule has 0 atom stereocenters. The first-order valence-electron chi connectivity index (χ1n) is 9.70. The summed E-state index contributed by atoms with van der Waals surface area (Å²) >= 11 is 0. The second-order valence-corrected chi connectivity index (χ2v) is 6.54. The molecule has 0 bridgehead atoms. The van der Waals surface area contributed by atoms with Gasteiger partial charge in [-0.2, -0.15) is 0 Å². The summed E-state index contributed by atoms with van der Waals surface area (Å²) in [5.74, 6) is 1.70. The van der Waals surface area contributed by atoms with E-state index in [-0.39, 0.29) is 5.91 Å². The molecule has 1 fully saturated rings. The van der Waals surface area contributed by atoms with Crippen molar-refractivity contribution in [1.82, 2.24) is 4.90 Å². The van der Waals surface area contributed by atoms with E-state index in [0.717, 1.165) is 37.7 Å². The molecule has 1 aliphatic rings. The summed E-state index contributed by atoms with van der Waals surface area (Å²) in [5, 5.41) is 0. The maximum Gasteiger partial charge on any atom is 0.222 e. The molecule has 0 N–H and O–H groups in total. The number of anilines is 1.